The lowest BCUT2D eigenvalue weighted by Gasteiger charge is -2.08. The van der Waals surface area contributed by atoms with Crippen LogP contribution >= 0.6 is 23.2 Å². The Kier molecular flexibility index (Phi) is 6.69. The monoisotopic (exact) mass is 453 g/mol. The zero-order valence-electron chi connectivity index (χ0n) is 15.6. The van der Waals surface area contributed by atoms with E-state index in [0.717, 1.165) is 17.7 Å². The van der Waals surface area contributed by atoms with Crippen LogP contribution in [0.3, 0.4) is 0 Å². The highest BCUT2D eigenvalue weighted by atomic mass is 35.5. The van der Waals surface area contributed by atoms with Gasteiger partial charge in [-0.05, 0) is 30.7 Å². The van der Waals surface area contributed by atoms with Crippen molar-refractivity contribution in [3.63, 3.8) is 0 Å². The molecule has 2 aromatic carbocycles. The first-order valence-electron chi connectivity index (χ1n) is 8.64. The molecule has 0 bridgehead atoms. The minimum atomic E-state index is -0.950. The molecule has 0 aliphatic rings. The molecular weight excluding hydrogens is 439 g/mol. The number of carbonyl (C=O) groups is 2. The number of halogens is 4. The molecule has 3 rings (SSSR count). The number of amides is 1. The van der Waals surface area contributed by atoms with Gasteiger partial charge in [-0.25, -0.2) is 18.3 Å². The highest BCUT2D eigenvalue weighted by molar-refractivity contribution is 6.33. The molecule has 0 radical (unpaired) electrons. The van der Waals surface area contributed by atoms with Crippen molar-refractivity contribution < 1.29 is 23.1 Å². The van der Waals surface area contributed by atoms with Crippen molar-refractivity contribution in [2.75, 3.05) is 11.9 Å². The molecule has 0 saturated heterocycles. The Morgan fingerprint density at radius 3 is 2.60 bits per heavy atom. The Bertz CT molecular complexity index is 1120. The minimum Gasteiger partial charge on any atom is -0.452 e. The van der Waals surface area contributed by atoms with E-state index in [1.54, 1.807) is 25.1 Å². The quantitative estimate of drug-likeness (QED) is 0.552. The molecule has 0 aliphatic carbocycles. The zero-order valence-corrected chi connectivity index (χ0v) is 17.1. The van der Waals surface area contributed by atoms with Gasteiger partial charge in [0, 0.05) is 11.1 Å². The van der Waals surface area contributed by atoms with E-state index in [2.05, 4.69) is 10.4 Å². The molecule has 10 heteroatoms. The third kappa shape index (κ3) is 4.95. The molecule has 1 N–H and O–H groups in total. The summed E-state index contributed by atoms with van der Waals surface area (Å²) >= 11 is 12.4. The number of rotatable bonds is 6. The van der Waals surface area contributed by atoms with Gasteiger partial charge in [-0.1, -0.05) is 41.4 Å². The smallest absolute Gasteiger partial charge is 0.343 e. The van der Waals surface area contributed by atoms with Crippen LogP contribution in [-0.4, -0.2) is 28.3 Å². The summed E-state index contributed by atoms with van der Waals surface area (Å²) in [6, 6.07) is 9.78. The first-order chi connectivity index (χ1) is 14.3. The second-order valence-corrected chi connectivity index (χ2v) is 7.01. The van der Waals surface area contributed by atoms with Gasteiger partial charge < -0.3 is 10.1 Å². The standard InChI is InChI=1S/C20H15Cl2F2N3O3/c1-11-18(19(22)27(26-11)9-12-4-2-3-5-14(12)21)20(29)30-10-17(28)25-16-7-6-13(23)8-15(16)24/h2-8H,9-10H2,1H3,(H,25,28). The number of hydrogen-bond donors (Lipinski definition) is 1. The number of esters is 1. The molecule has 6 nitrogen and oxygen atoms in total. The van der Waals surface area contributed by atoms with E-state index in [4.69, 9.17) is 27.9 Å². The number of carbonyl (C=O) groups excluding carboxylic acids is 2. The highest BCUT2D eigenvalue weighted by Crippen LogP contribution is 2.24. The van der Waals surface area contributed by atoms with Crippen LogP contribution in [0.5, 0.6) is 0 Å². The third-order valence-electron chi connectivity index (χ3n) is 4.09. The van der Waals surface area contributed by atoms with Gasteiger partial charge in [0.2, 0.25) is 0 Å². The lowest BCUT2D eigenvalue weighted by Crippen LogP contribution is -2.21. The summed E-state index contributed by atoms with van der Waals surface area (Å²) in [4.78, 5) is 24.3. The summed E-state index contributed by atoms with van der Waals surface area (Å²) in [6.07, 6.45) is 0. The van der Waals surface area contributed by atoms with Gasteiger partial charge in [-0.3, -0.25) is 4.79 Å². The summed E-state index contributed by atoms with van der Waals surface area (Å²) in [5, 5.41) is 6.97. The first kappa shape index (κ1) is 21.7. The van der Waals surface area contributed by atoms with Crippen LogP contribution in [0.2, 0.25) is 10.2 Å². The van der Waals surface area contributed by atoms with E-state index >= 15 is 0 Å². The summed E-state index contributed by atoms with van der Waals surface area (Å²) in [5.74, 6) is -3.39. The largest absolute Gasteiger partial charge is 0.452 e. The normalized spacial score (nSPS) is 10.7. The van der Waals surface area contributed by atoms with E-state index in [-0.39, 0.29) is 22.9 Å². The summed E-state index contributed by atoms with van der Waals surface area (Å²) in [7, 11) is 0. The van der Waals surface area contributed by atoms with Gasteiger partial charge in [0.05, 0.1) is 17.9 Å². The fraction of sp³-hybridized carbons (Fsp3) is 0.150. The van der Waals surface area contributed by atoms with Crippen LogP contribution in [0, 0.1) is 18.6 Å². The van der Waals surface area contributed by atoms with E-state index in [1.807, 2.05) is 6.07 Å². The number of aromatic nitrogens is 2. The predicted octanol–water partition coefficient (Wildman–Crippen LogP) is 4.62. The van der Waals surface area contributed by atoms with Crippen molar-refractivity contribution in [2.45, 2.75) is 13.5 Å². The first-order valence-corrected chi connectivity index (χ1v) is 9.40. The molecule has 0 spiro atoms. The molecule has 1 amide bonds. The van der Waals surface area contributed by atoms with Crippen LogP contribution in [0.25, 0.3) is 0 Å². The second-order valence-electron chi connectivity index (χ2n) is 6.25. The van der Waals surface area contributed by atoms with Gasteiger partial charge in [-0.2, -0.15) is 5.10 Å². The molecule has 30 heavy (non-hydrogen) atoms. The van der Waals surface area contributed by atoms with Crippen molar-refractivity contribution in [3.8, 4) is 0 Å². The van der Waals surface area contributed by atoms with Gasteiger partial charge in [0.15, 0.2) is 6.61 Å². The van der Waals surface area contributed by atoms with Crippen LogP contribution in [0.15, 0.2) is 42.5 Å². The number of benzene rings is 2. The van der Waals surface area contributed by atoms with Crippen molar-refractivity contribution in [3.05, 3.63) is 81.1 Å². The van der Waals surface area contributed by atoms with E-state index in [0.29, 0.717) is 16.8 Å². The minimum absolute atomic E-state index is 0.00415. The Morgan fingerprint density at radius 1 is 1.17 bits per heavy atom. The molecule has 1 aromatic heterocycles. The Morgan fingerprint density at radius 2 is 1.90 bits per heavy atom. The summed E-state index contributed by atoms with van der Waals surface area (Å²) in [6.45, 7) is 1.11. The number of nitrogens with one attached hydrogen (secondary N) is 1. The average Bonchev–Trinajstić information content (AvgIpc) is 2.97. The van der Waals surface area contributed by atoms with Crippen molar-refractivity contribution >= 4 is 40.8 Å². The number of anilines is 1. The number of hydrogen-bond acceptors (Lipinski definition) is 4. The molecule has 0 aliphatic heterocycles. The molecule has 1 heterocycles. The van der Waals surface area contributed by atoms with Crippen molar-refractivity contribution in [1.29, 1.82) is 0 Å². The maximum Gasteiger partial charge on any atom is 0.343 e. The fourth-order valence-electron chi connectivity index (χ4n) is 2.66. The maximum atomic E-state index is 13.6. The van der Waals surface area contributed by atoms with Crippen molar-refractivity contribution in [1.82, 2.24) is 9.78 Å². The van der Waals surface area contributed by atoms with Crippen LogP contribution < -0.4 is 5.32 Å². The molecule has 3 aromatic rings. The van der Waals surface area contributed by atoms with Gasteiger partial charge >= 0.3 is 5.97 Å². The third-order valence-corrected chi connectivity index (χ3v) is 4.84. The lowest BCUT2D eigenvalue weighted by atomic mass is 10.2. The van der Waals surface area contributed by atoms with Crippen LogP contribution in [0.4, 0.5) is 14.5 Å². The molecule has 0 atom stereocenters. The van der Waals surface area contributed by atoms with Gasteiger partial charge in [-0.15, -0.1) is 0 Å². The molecule has 0 saturated carbocycles. The number of aryl methyl sites for hydroxylation is 1. The molecule has 0 fully saturated rings. The van der Waals surface area contributed by atoms with E-state index in [1.165, 1.54) is 4.68 Å². The molecule has 156 valence electrons. The second kappa shape index (κ2) is 9.23. The van der Waals surface area contributed by atoms with E-state index < -0.39 is 30.1 Å². The SMILES string of the molecule is Cc1nn(Cc2ccccc2Cl)c(Cl)c1C(=O)OCC(=O)Nc1ccc(F)cc1F. The topological polar surface area (TPSA) is 73.2 Å². The maximum absolute atomic E-state index is 13.6. The zero-order chi connectivity index (χ0) is 21.8. The number of nitrogens with zero attached hydrogens (tertiary/aromatic N) is 2. The van der Waals surface area contributed by atoms with Crippen LogP contribution in [0.1, 0.15) is 21.6 Å². The average molecular weight is 454 g/mol. The lowest BCUT2D eigenvalue weighted by molar-refractivity contribution is -0.119. The van der Waals surface area contributed by atoms with Gasteiger partial charge in [0.25, 0.3) is 5.91 Å². The van der Waals surface area contributed by atoms with Crippen molar-refractivity contribution in [2.24, 2.45) is 0 Å². The predicted molar refractivity (Wildman–Crippen MR) is 108 cm³/mol. The Hall–Kier alpha value is -2.97. The fourth-order valence-corrected chi connectivity index (χ4v) is 3.17. The number of ether oxygens (including phenoxy) is 1. The summed E-state index contributed by atoms with van der Waals surface area (Å²) < 4.78 is 32.9. The molecule has 0 unspecified atom stereocenters. The Balaban J connectivity index is 1.66. The summed E-state index contributed by atoms with van der Waals surface area (Å²) in [5.41, 5.74) is 0.829. The van der Waals surface area contributed by atoms with Crippen LogP contribution in [-0.2, 0) is 16.1 Å². The van der Waals surface area contributed by atoms with Gasteiger partial charge in [0.1, 0.15) is 22.4 Å². The Labute approximate surface area is 180 Å². The molecular formula is C20H15Cl2F2N3O3. The van der Waals surface area contributed by atoms with E-state index in [9.17, 15) is 18.4 Å². The highest BCUT2D eigenvalue weighted by Gasteiger charge is 2.23.